The molecule has 1 aliphatic heterocycles. The Kier molecular flexibility index (Phi) is 5.33. The molecule has 0 aliphatic carbocycles. The Morgan fingerprint density at radius 1 is 1.14 bits per heavy atom. The SMILES string of the molecule is CCOc1ccccc1C(=O)Nc1ccc2c(c1)N(C(=O)c1ccco1)CCC2. The molecule has 2 amide bonds. The number of rotatable bonds is 5. The van der Waals surface area contributed by atoms with Gasteiger partial charge in [-0.15, -0.1) is 0 Å². The van der Waals surface area contributed by atoms with Crippen molar-refractivity contribution < 1.29 is 18.7 Å². The molecule has 2 heterocycles. The summed E-state index contributed by atoms with van der Waals surface area (Å²) in [6, 6.07) is 16.2. The van der Waals surface area contributed by atoms with E-state index in [-0.39, 0.29) is 11.8 Å². The fraction of sp³-hybridized carbons (Fsp3) is 0.217. The zero-order chi connectivity index (χ0) is 20.2. The van der Waals surface area contributed by atoms with Crippen molar-refractivity contribution in [3.05, 3.63) is 77.7 Å². The Bertz CT molecular complexity index is 1030. The number of nitrogens with zero attached hydrogens (tertiary/aromatic N) is 1. The zero-order valence-electron chi connectivity index (χ0n) is 16.2. The normalized spacial score (nSPS) is 12.9. The van der Waals surface area contributed by atoms with Gasteiger partial charge in [0.05, 0.1) is 18.4 Å². The molecule has 6 nitrogen and oxygen atoms in total. The number of hydrogen-bond donors (Lipinski definition) is 1. The predicted molar refractivity (Wildman–Crippen MR) is 111 cm³/mol. The summed E-state index contributed by atoms with van der Waals surface area (Å²) in [6.07, 6.45) is 3.26. The summed E-state index contributed by atoms with van der Waals surface area (Å²) >= 11 is 0. The maximum absolute atomic E-state index is 12.8. The standard InChI is InChI=1S/C23H22N2O4/c1-2-28-20-9-4-3-8-18(20)22(26)24-17-12-11-16-7-5-13-25(19(16)15-17)23(27)21-10-6-14-29-21/h3-4,6,8-12,14-15H,2,5,7,13H2,1H3,(H,24,26). The lowest BCUT2D eigenvalue weighted by Crippen LogP contribution is -2.35. The number of hydrogen-bond acceptors (Lipinski definition) is 4. The fourth-order valence-corrected chi connectivity index (χ4v) is 3.53. The summed E-state index contributed by atoms with van der Waals surface area (Å²) in [7, 11) is 0. The van der Waals surface area contributed by atoms with E-state index >= 15 is 0 Å². The van der Waals surface area contributed by atoms with Crippen molar-refractivity contribution in [1.29, 1.82) is 0 Å². The Morgan fingerprint density at radius 2 is 2.00 bits per heavy atom. The quantitative estimate of drug-likeness (QED) is 0.695. The number of carbonyl (C=O) groups excluding carboxylic acids is 2. The first-order valence-corrected chi connectivity index (χ1v) is 9.69. The number of carbonyl (C=O) groups is 2. The van der Waals surface area contributed by atoms with Crippen molar-refractivity contribution in [2.45, 2.75) is 19.8 Å². The molecule has 6 heteroatoms. The molecule has 0 spiro atoms. The first kappa shape index (κ1) is 18.8. The van der Waals surface area contributed by atoms with Crippen LogP contribution in [-0.2, 0) is 6.42 Å². The Labute approximate surface area is 169 Å². The van der Waals surface area contributed by atoms with E-state index in [0.29, 0.717) is 35.9 Å². The third-order valence-corrected chi connectivity index (χ3v) is 4.87. The highest BCUT2D eigenvalue weighted by Crippen LogP contribution is 2.32. The Balaban J connectivity index is 1.60. The molecule has 1 aliphatic rings. The molecule has 0 saturated heterocycles. The van der Waals surface area contributed by atoms with Crippen LogP contribution in [0.2, 0.25) is 0 Å². The molecule has 0 radical (unpaired) electrons. The van der Waals surface area contributed by atoms with Gasteiger partial charge in [-0.1, -0.05) is 18.2 Å². The Morgan fingerprint density at radius 3 is 2.79 bits per heavy atom. The third kappa shape index (κ3) is 3.87. The van der Waals surface area contributed by atoms with Gasteiger partial charge in [0, 0.05) is 17.9 Å². The molecule has 29 heavy (non-hydrogen) atoms. The number of para-hydroxylation sites is 1. The molecule has 4 rings (SSSR count). The minimum atomic E-state index is -0.256. The number of aryl methyl sites for hydroxylation is 1. The zero-order valence-corrected chi connectivity index (χ0v) is 16.2. The van der Waals surface area contributed by atoms with Crippen LogP contribution in [0.1, 0.15) is 39.8 Å². The lowest BCUT2D eigenvalue weighted by Gasteiger charge is -2.29. The minimum absolute atomic E-state index is 0.180. The second-order valence-electron chi connectivity index (χ2n) is 6.76. The molecule has 0 fully saturated rings. The van der Waals surface area contributed by atoms with Crippen molar-refractivity contribution in [1.82, 2.24) is 0 Å². The monoisotopic (exact) mass is 390 g/mol. The molecular formula is C23H22N2O4. The number of anilines is 2. The highest BCUT2D eigenvalue weighted by atomic mass is 16.5. The summed E-state index contributed by atoms with van der Waals surface area (Å²) < 4.78 is 10.8. The number of furan rings is 1. The molecular weight excluding hydrogens is 368 g/mol. The smallest absolute Gasteiger partial charge is 0.293 e. The molecule has 0 saturated carbocycles. The van der Waals surface area contributed by atoms with Gasteiger partial charge in [-0.3, -0.25) is 9.59 Å². The van der Waals surface area contributed by atoms with E-state index in [0.717, 1.165) is 24.1 Å². The first-order chi connectivity index (χ1) is 14.2. The van der Waals surface area contributed by atoms with Crippen LogP contribution in [-0.4, -0.2) is 25.0 Å². The van der Waals surface area contributed by atoms with Crippen molar-refractivity contribution in [2.75, 3.05) is 23.4 Å². The van der Waals surface area contributed by atoms with Crippen LogP contribution < -0.4 is 15.0 Å². The van der Waals surface area contributed by atoms with Crippen molar-refractivity contribution in [3.63, 3.8) is 0 Å². The average molecular weight is 390 g/mol. The van der Waals surface area contributed by atoms with E-state index in [1.165, 1.54) is 6.26 Å². The third-order valence-electron chi connectivity index (χ3n) is 4.87. The summed E-state index contributed by atoms with van der Waals surface area (Å²) in [5.41, 5.74) is 2.97. The van der Waals surface area contributed by atoms with Crippen molar-refractivity contribution in [2.24, 2.45) is 0 Å². The highest BCUT2D eigenvalue weighted by Gasteiger charge is 2.25. The number of benzene rings is 2. The van der Waals surface area contributed by atoms with Crippen molar-refractivity contribution in [3.8, 4) is 5.75 Å². The molecule has 148 valence electrons. The minimum Gasteiger partial charge on any atom is -0.493 e. The van der Waals surface area contributed by atoms with Crippen LogP contribution in [0.4, 0.5) is 11.4 Å². The maximum Gasteiger partial charge on any atom is 0.293 e. The topological polar surface area (TPSA) is 71.8 Å². The van der Waals surface area contributed by atoms with E-state index in [9.17, 15) is 9.59 Å². The van der Waals surface area contributed by atoms with Crippen LogP contribution in [0.15, 0.2) is 65.3 Å². The second kappa shape index (κ2) is 8.22. The van der Waals surface area contributed by atoms with E-state index in [4.69, 9.17) is 9.15 Å². The first-order valence-electron chi connectivity index (χ1n) is 9.69. The van der Waals surface area contributed by atoms with Crippen molar-refractivity contribution >= 4 is 23.2 Å². The summed E-state index contributed by atoms with van der Waals surface area (Å²) in [4.78, 5) is 27.3. The van der Waals surface area contributed by atoms with Crippen LogP contribution in [0, 0.1) is 0 Å². The van der Waals surface area contributed by atoms with Gasteiger partial charge in [-0.25, -0.2) is 0 Å². The van der Waals surface area contributed by atoms with Gasteiger partial charge in [0.25, 0.3) is 11.8 Å². The molecule has 3 aromatic rings. The summed E-state index contributed by atoms with van der Waals surface area (Å²) in [5.74, 6) is 0.410. The molecule has 0 bridgehead atoms. The molecule has 0 atom stereocenters. The van der Waals surface area contributed by atoms with E-state index in [1.54, 1.807) is 35.2 Å². The van der Waals surface area contributed by atoms with Crippen LogP contribution >= 0.6 is 0 Å². The van der Waals surface area contributed by atoms with Crippen LogP contribution in [0.25, 0.3) is 0 Å². The molecule has 1 aromatic heterocycles. The van der Waals surface area contributed by atoms with E-state index in [2.05, 4.69) is 5.32 Å². The van der Waals surface area contributed by atoms with E-state index < -0.39 is 0 Å². The van der Waals surface area contributed by atoms with Crippen LogP contribution in [0.5, 0.6) is 5.75 Å². The lowest BCUT2D eigenvalue weighted by atomic mass is 10.0. The number of ether oxygens (including phenoxy) is 1. The van der Waals surface area contributed by atoms with Crippen LogP contribution in [0.3, 0.4) is 0 Å². The average Bonchev–Trinajstić information content (AvgIpc) is 3.28. The maximum atomic E-state index is 12.8. The lowest BCUT2D eigenvalue weighted by molar-refractivity contribution is 0.0957. The summed E-state index contributed by atoms with van der Waals surface area (Å²) in [5, 5.41) is 2.92. The fourth-order valence-electron chi connectivity index (χ4n) is 3.53. The second-order valence-corrected chi connectivity index (χ2v) is 6.76. The van der Waals surface area contributed by atoms with Gasteiger partial charge in [0.15, 0.2) is 5.76 Å². The van der Waals surface area contributed by atoms with Gasteiger partial charge in [0.2, 0.25) is 0 Å². The summed E-state index contributed by atoms with van der Waals surface area (Å²) in [6.45, 7) is 2.97. The molecule has 2 aromatic carbocycles. The van der Waals surface area contributed by atoms with E-state index in [1.807, 2.05) is 31.2 Å². The van der Waals surface area contributed by atoms with Gasteiger partial charge in [0.1, 0.15) is 5.75 Å². The number of fused-ring (bicyclic) bond motifs is 1. The van der Waals surface area contributed by atoms with Gasteiger partial charge in [-0.05, 0) is 61.7 Å². The van der Waals surface area contributed by atoms with Gasteiger partial charge in [-0.2, -0.15) is 0 Å². The molecule has 0 unspecified atom stereocenters. The number of amides is 2. The highest BCUT2D eigenvalue weighted by molar-refractivity contribution is 6.08. The molecule has 1 N–H and O–H groups in total. The number of nitrogens with one attached hydrogen (secondary N) is 1. The van der Waals surface area contributed by atoms with Gasteiger partial charge >= 0.3 is 0 Å². The predicted octanol–water partition coefficient (Wildman–Crippen LogP) is 4.52. The largest absolute Gasteiger partial charge is 0.493 e. The van der Waals surface area contributed by atoms with Gasteiger partial charge < -0.3 is 19.4 Å². The Hall–Kier alpha value is -3.54.